The highest BCUT2D eigenvalue weighted by molar-refractivity contribution is 6.30. The van der Waals surface area contributed by atoms with Crippen molar-refractivity contribution in [1.82, 2.24) is 5.32 Å². The van der Waals surface area contributed by atoms with Crippen molar-refractivity contribution in [3.05, 3.63) is 34.3 Å². The molecule has 4 heteroatoms. The Hall–Kier alpha value is -1.06. The third-order valence-electron chi connectivity index (χ3n) is 4.24. The monoisotopic (exact) mass is 309 g/mol. The second kappa shape index (κ2) is 7.81. The molecule has 0 aliphatic heterocycles. The minimum Gasteiger partial charge on any atom is -0.468 e. The van der Waals surface area contributed by atoms with Crippen molar-refractivity contribution < 1.29 is 9.53 Å². The van der Waals surface area contributed by atoms with Crippen molar-refractivity contribution in [2.45, 2.75) is 57.5 Å². The first kappa shape index (κ1) is 16.3. The molecule has 0 amide bonds. The fraction of sp³-hybridized carbons (Fsp3) is 0.588. The minimum atomic E-state index is -0.407. The van der Waals surface area contributed by atoms with Crippen LogP contribution >= 0.6 is 11.6 Å². The Labute approximate surface area is 132 Å². The molecule has 1 aromatic carbocycles. The lowest BCUT2D eigenvalue weighted by Gasteiger charge is -2.24. The van der Waals surface area contributed by atoms with Crippen molar-refractivity contribution in [3.63, 3.8) is 0 Å². The Morgan fingerprint density at radius 2 is 1.95 bits per heavy atom. The summed E-state index contributed by atoms with van der Waals surface area (Å²) in [7, 11) is 1.44. The normalized spacial score (nSPS) is 18.0. The number of hydrogen-bond acceptors (Lipinski definition) is 3. The maximum absolute atomic E-state index is 12.2. The second-order valence-corrected chi connectivity index (χ2v) is 6.25. The molecular formula is C17H24ClNO2. The van der Waals surface area contributed by atoms with E-state index in [4.69, 9.17) is 16.3 Å². The average Bonchev–Trinajstić information content (AvgIpc) is 2.73. The number of methoxy groups -OCH3 is 1. The van der Waals surface area contributed by atoms with Crippen LogP contribution in [0.15, 0.2) is 18.2 Å². The number of aryl methyl sites for hydroxylation is 1. The Balaban J connectivity index is 2.19. The zero-order valence-electron chi connectivity index (χ0n) is 12.8. The molecule has 3 nitrogen and oxygen atoms in total. The van der Waals surface area contributed by atoms with E-state index in [0.717, 1.165) is 24.0 Å². The molecule has 1 aromatic rings. The summed E-state index contributed by atoms with van der Waals surface area (Å²) in [6.45, 7) is 1.98. The highest BCUT2D eigenvalue weighted by atomic mass is 35.5. The zero-order valence-corrected chi connectivity index (χ0v) is 13.6. The van der Waals surface area contributed by atoms with E-state index in [0.29, 0.717) is 11.1 Å². The first-order valence-corrected chi connectivity index (χ1v) is 8.09. The van der Waals surface area contributed by atoms with Crippen LogP contribution in [0.1, 0.15) is 55.7 Å². The highest BCUT2D eigenvalue weighted by Gasteiger charge is 2.26. The lowest BCUT2D eigenvalue weighted by atomic mass is 9.99. The van der Waals surface area contributed by atoms with Gasteiger partial charge in [-0.25, -0.2) is 4.79 Å². The maximum Gasteiger partial charge on any atom is 0.327 e. The summed E-state index contributed by atoms with van der Waals surface area (Å²) >= 11 is 6.01. The van der Waals surface area contributed by atoms with E-state index in [-0.39, 0.29) is 5.97 Å². The van der Waals surface area contributed by atoms with Gasteiger partial charge < -0.3 is 4.74 Å². The molecule has 1 atom stereocenters. The van der Waals surface area contributed by atoms with Crippen molar-refractivity contribution in [2.75, 3.05) is 7.11 Å². The summed E-state index contributed by atoms with van der Waals surface area (Å²) < 4.78 is 4.99. The number of nitrogens with one attached hydrogen (secondary N) is 1. The van der Waals surface area contributed by atoms with Crippen LogP contribution in [0, 0.1) is 6.92 Å². The van der Waals surface area contributed by atoms with Gasteiger partial charge in [-0.15, -0.1) is 0 Å². The topological polar surface area (TPSA) is 38.3 Å². The molecule has 1 aliphatic carbocycles. The average molecular weight is 310 g/mol. The number of esters is 1. The van der Waals surface area contributed by atoms with E-state index in [1.165, 1.54) is 32.8 Å². The highest BCUT2D eigenvalue weighted by Crippen LogP contribution is 2.25. The molecule has 1 N–H and O–H groups in total. The molecule has 0 saturated heterocycles. The number of hydrogen-bond donors (Lipinski definition) is 1. The van der Waals surface area contributed by atoms with E-state index >= 15 is 0 Å². The fourth-order valence-electron chi connectivity index (χ4n) is 3.05. The lowest BCUT2D eigenvalue weighted by Crippen LogP contribution is -2.37. The third kappa shape index (κ3) is 4.45. The Morgan fingerprint density at radius 1 is 1.29 bits per heavy atom. The first-order valence-electron chi connectivity index (χ1n) is 7.71. The number of rotatable bonds is 4. The van der Waals surface area contributed by atoms with Crippen LogP contribution in [-0.4, -0.2) is 19.1 Å². The van der Waals surface area contributed by atoms with Gasteiger partial charge in [0.1, 0.15) is 6.04 Å². The van der Waals surface area contributed by atoms with Gasteiger partial charge in [-0.2, -0.15) is 0 Å². The van der Waals surface area contributed by atoms with Gasteiger partial charge in [0.2, 0.25) is 0 Å². The predicted molar refractivity (Wildman–Crippen MR) is 85.6 cm³/mol. The van der Waals surface area contributed by atoms with E-state index < -0.39 is 6.04 Å². The van der Waals surface area contributed by atoms with Crippen LogP contribution in [0.2, 0.25) is 5.02 Å². The zero-order chi connectivity index (χ0) is 15.2. The van der Waals surface area contributed by atoms with Crippen LogP contribution in [0.25, 0.3) is 0 Å². The smallest absolute Gasteiger partial charge is 0.327 e. The molecule has 1 unspecified atom stereocenters. The van der Waals surface area contributed by atoms with E-state index in [2.05, 4.69) is 5.32 Å². The number of carbonyl (C=O) groups is 1. The molecule has 0 spiro atoms. The minimum absolute atomic E-state index is 0.232. The van der Waals surface area contributed by atoms with Crippen LogP contribution in [-0.2, 0) is 9.53 Å². The molecule has 0 aromatic heterocycles. The van der Waals surface area contributed by atoms with Gasteiger partial charge in [0.15, 0.2) is 0 Å². The quantitative estimate of drug-likeness (QED) is 0.670. The molecule has 0 heterocycles. The number of benzene rings is 1. The molecule has 0 radical (unpaired) electrons. The molecule has 1 saturated carbocycles. The van der Waals surface area contributed by atoms with Crippen LogP contribution in [0.3, 0.4) is 0 Å². The Kier molecular flexibility index (Phi) is 6.07. The largest absolute Gasteiger partial charge is 0.468 e. The van der Waals surface area contributed by atoms with Crippen molar-refractivity contribution in [2.24, 2.45) is 0 Å². The number of ether oxygens (including phenoxy) is 1. The molecule has 1 aliphatic rings. The molecule has 116 valence electrons. The van der Waals surface area contributed by atoms with Crippen molar-refractivity contribution >= 4 is 17.6 Å². The lowest BCUT2D eigenvalue weighted by molar-refractivity contribution is -0.143. The van der Waals surface area contributed by atoms with Crippen molar-refractivity contribution in [1.29, 1.82) is 0 Å². The summed E-state index contributed by atoms with van der Waals surface area (Å²) in [6, 6.07) is 5.61. The Bertz CT molecular complexity index is 482. The van der Waals surface area contributed by atoms with Crippen LogP contribution in [0.5, 0.6) is 0 Å². The third-order valence-corrected chi connectivity index (χ3v) is 4.47. The summed E-state index contributed by atoms with van der Waals surface area (Å²) in [5, 5.41) is 4.19. The van der Waals surface area contributed by atoms with E-state index in [9.17, 15) is 4.79 Å². The van der Waals surface area contributed by atoms with Gasteiger partial charge in [0.05, 0.1) is 7.11 Å². The summed E-state index contributed by atoms with van der Waals surface area (Å²) in [5.41, 5.74) is 1.97. The Morgan fingerprint density at radius 3 is 2.52 bits per heavy atom. The maximum atomic E-state index is 12.2. The van der Waals surface area contributed by atoms with Gasteiger partial charge in [0.25, 0.3) is 0 Å². The SMILES string of the molecule is COC(=O)C(NC1CCCCCC1)c1ccc(Cl)cc1C. The van der Waals surface area contributed by atoms with Gasteiger partial charge in [-0.05, 0) is 43.0 Å². The molecule has 0 bridgehead atoms. The molecule has 1 fully saturated rings. The second-order valence-electron chi connectivity index (χ2n) is 5.81. The molecule has 21 heavy (non-hydrogen) atoms. The number of carbonyl (C=O) groups excluding carboxylic acids is 1. The summed E-state index contributed by atoms with van der Waals surface area (Å²) in [4.78, 5) is 12.2. The van der Waals surface area contributed by atoms with Gasteiger partial charge in [0, 0.05) is 11.1 Å². The van der Waals surface area contributed by atoms with Crippen molar-refractivity contribution in [3.8, 4) is 0 Å². The van der Waals surface area contributed by atoms with Gasteiger partial charge in [-0.3, -0.25) is 5.32 Å². The first-order chi connectivity index (χ1) is 10.1. The number of halogens is 1. The van der Waals surface area contributed by atoms with Crippen LogP contribution in [0.4, 0.5) is 0 Å². The summed E-state index contributed by atoms with van der Waals surface area (Å²) in [5.74, 6) is -0.232. The predicted octanol–water partition coefficient (Wildman–Crippen LogP) is 4.17. The molecular weight excluding hydrogens is 286 g/mol. The standard InChI is InChI=1S/C17H24ClNO2/c1-12-11-13(18)9-10-15(12)16(17(20)21-2)19-14-7-5-3-4-6-8-14/h9-11,14,16,19H,3-8H2,1-2H3. The van der Waals surface area contributed by atoms with Gasteiger partial charge >= 0.3 is 5.97 Å². The van der Waals surface area contributed by atoms with E-state index in [1.54, 1.807) is 0 Å². The van der Waals surface area contributed by atoms with Gasteiger partial charge in [-0.1, -0.05) is 43.4 Å². The fourth-order valence-corrected chi connectivity index (χ4v) is 3.27. The van der Waals surface area contributed by atoms with E-state index in [1.807, 2.05) is 25.1 Å². The molecule has 2 rings (SSSR count). The van der Waals surface area contributed by atoms with Crippen LogP contribution < -0.4 is 5.32 Å². The summed E-state index contributed by atoms with van der Waals surface area (Å²) in [6.07, 6.45) is 7.29.